The van der Waals surface area contributed by atoms with Gasteiger partial charge in [-0.3, -0.25) is 14.3 Å². The molecule has 0 spiro atoms. The molecular weight excluding hydrogens is 418 g/mol. The minimum atomic E-state index is -0.0792. The van der Waals surface area contributed by atoms with Crippen molar-refractivity contribution in [2.45, 2.75) is 31.8 Å². The van der Waals surface area contributed by atoms with Gasteiger partial charge in [0.2, 0.25) is 5.91 Å². The normalized spacial score (nSPS) is 11.0. The number of thioether (sulfide) groups is 1. The minimum Gasteiger partial charge on any atom is -0.325 e. The molecule has 4 aromatic rings. The highest BCUT2D eigenvalue weighted by molar-refractivity contribution is 7.99. The summed E-state index contributed by atoms with van der Waals surface area (Å²) < 4.78 is 1.97. The van der Waals surface area contributed by atoms with Crippen LogP contribution in [0.15, 0.2) is 78.2 Å². The third-order valence-electron chi connectivity index (χ3n) is 5.03. The molecule has 2 heterocycles. The Hall–Kier alpha value is -3.45. The number of carbonyl (C=O) groups is 1. The van der Waals surface area contributed by atoms with Crippen LogP contribution in [0.1, 0.15) is 30.9 Å². The van der Waals surface area contributed by atoms with E-state index >= 15 is 0 Å². The Morgan fingerprint density at radius 3 is 2.53 bits per heavy atom. The molecule has 0 radical (unpaired) electrons. The second-order valence-corrected chi connectivity index (χ2v) is 8.74. The summed E-state index contributed by atoms with van der Waals surface area (Å²) in [6.07, 6.45) is 3.49. The lowest BCUT2D eigenvalue weighted by Gasteiger charge is -2.14. The molecule has 2 aromatic heterocycles. The van der Waals surface area contributed by atoms with Crippen molar-refractivity contribution in [3.8, 4) is 17.1 Å². The first-order valence-electron chi connectivity index (χ1n) is 10.5. The second-order valence-electron chi connectivity index (χ2n) is 7.80. The van der Waals surface area contributed by atoms with Crippen molar-refractivity contribution in [3.63, 3.8) is 0 Å². The third-order valence-corrected chi connectivity index (χ3v) is 5.96. The van der Waals surface area contributed by atoms with E-state index in [0.29, 0.717) is 16.9 Å². The largest absolute Gasteiger partial charge is 0.325 e. The molecular formula is C25H25N5OS. The van der Waals surface area contributed by atoms with Gasteiger partial charge in [0.1, 0.15) is 0 Å². The Bertz CT molecular complexity index is 1200. The van der Waals surface area contributed by atoms with E-state index in [1.165, 1.54) is 17.3 Å². The molecule has 0 aliphatic carbocycles. The quantitative estimate of drug-likeness (QED) is 0.382. The average molecular weight is 444 g/mol. The zero-order valence-electron chi connectivity index (χ0n) is 18.3. The maximum atomic E-state index is 12.7. The number of anilines is 1. The monoisotopic (exact) mass is 443 g/mol. The van der Waals surface area contributed by atoms with Crippen LogP contribution in [0.2, 0.25) is 0 Å². The molecule has 0 aliphatic heterocycles. The molecule has 32 heavy (non-hydrogen) atoms. The van der Waals surface area contributed by atoms with Crippen molar-refractivity contribution in [2.75, 3.05) is 11.1 Å². The summed E-state index contributed by atoms with van der Waals surface area (Å²) in [5.74, 6) is 1.16. The number of para-hydroxylation sites is 1. The van der Waals surface area contributed by atoms with Crippen LogP contribution in [0.5, 0.6) is 0 Å². The number of nitrogens with one attached hydrogen (secondary N) is 1. The maximum Gasteiger partial charge on any atom is 0.234 e. The number of hydrogen-bond acceptors (Lipinski definition) is 5. The van der Waals surface area contributed by atoms with Crippen LogP contribution in [-0.4, -0.2) is 31.4 Å². The number of amides is 1. The van der Waals surface area contributed by atoms with Crippen LogP contribution in [0.3, 0.4) is 0 Å². The highest BCUT2D eigenvalue weighted by Crippen LogP contribution is 2.28. The van der Waals surface area contributed by atoms with Gasteiger partial charge in [-0.05, 0) is 48.7 Å². The Labute approximate surface area is 192 Å². The molecule has 4 rings (SSSR count). The van der Waals surface area contributed by atoms with Crippen LogP contribution in [0, 0.1) is 6.92 Å². The first-order valence-corrected chi connectivity index (χ1v) is 11.5. The van der Waals surface area contributed by atoms with Crippen molar-refractivity contribution in [3.05, 3.63) is 84.2 Å². The zero-order chi connectivity index (χ0) is 22.5. The first kappa shape index (κ1) is 21.8. The van der Waals surface area contributed by atoms with Crippen molar-refractivity contribution < 1.29 is 4.79 Å². The average Bonchev–Trinajstić information content (AvgIpc) is 3.23. The fraction of sp³-hybridized carbons (Fsp3) is 0.200. The lowest BCUT2D eigenvalue weighted by molar-refractivity contribution is -0.113. The summed E-state index contributed by atoms with van der Waals surface area (Å²) in [6, 6.07) is 19.9. The molecule has 6 nitrogen and oxygen atoms in total. The molecule has 162 valence electrons. The number of benzene rings is 2. The topological polar surface area (TPSA) is 72.7 Å². The summed E-state index contributed by atoms with van der Waals surface area (Å²) in [5.41, 5.74) is 4.94. The molecule has 1 amide bonds. The predicted molar refractivity (Wildman–Crippen MR) is 129 cm³/mol. The van der Waals surface area contributed by atoms with E-state index in [9.17, 15) is 4.79 Å². The molecule has 0 aliphatic rings. The SMILES string of the molecule is Cc1ccc(-n2c(SCC(=O)Nc3ccccc3C(C)C)nnc2-c2cccnc2)cc1. The summed E-state index contributed by atoms with van der Waals surface area (Å²) in [4.78, 5) is 16.9. The number of pyridine rings is 1. The summed E-state index contributed by atoms with van der Waals surface area (Å²) in [6.45, 7) is 6.28. The van der Waals surface area contributed by atoms with Crippen LogP contribution < -0.4 is 5.32 Å². The lowest BCUT2D eigenvalue weighted by Crippen LogP contribution is -2.16. The summed E-state index contributed by atoms with van der Waals surface area (Å²) in [5, 5.41) is 12.5. The predicted octanol–water partition coefficient (Wildman–Crippen LogP) is 5.49. The highest BCUT2D eigenvalue weighted by atomic mass is 32.2. The van der Waals surface area contributed by atoms with Gasteiger partial charge in [-0.1, -0.05) is 61.5 Å². The van der Waals surface area contributed by atoms with E-state index in [4.69, 9.17) is 0 Å². The van der Waals surface area contributed by atoms with Crippen LogP contribution in [-0.2, 0) is 4.79 Å². The van der Waals surface area contributed by atoms with Gasteiger partial charge in [-0.15, -0.1) is 10.2 Å². The van der Waals surface area contributed by atoms with E-state index < -0.39 is 0 Å². The van der Waals surface area contributed by atoms with Crippen LogP contribution in [0.25, 0.3) is 17.1 Å². The van der Waals surface area contributed by atoms with Gasteiger partial charge in [-0.25, -0.2) is 0 Å². The fourth-order valence-corrected chi connectivity index (χ4v) is 4.15. The van der Waals surface area contributed by atoms with Crippen molar-refractivity contribution in [1.29, 1.82) is 0 Å². The molecule has 1 N–H and O–H groups in total. The van der Waals surface area contributed by atoms with Crippen LogP contribution >= 0.6 is 11.8 Å². The second kappa shape index (κ2) is 9.78. The van der Waals surface area contributed by atoms with E-state index in [1.807, 2.05) is 72.2 Å². The van der Waals surface area contributed by atoms with Crippen molar-refractivity contribution in [1.82, 2.24) is 19.7 Å². The first-order chi connectivity index (χ1) is 15.5. The van der Waals surface area contributed by atoms with Gasteiger partial charge < -0.3 is 5.32 Å². The van der Waals surface area contributed by atoms with E-state index in [2.05, 4.69) is 34.3 Å². The summed E-state index contributed by atoms with van der Waals surface area (Å²) >= 11 is 1.36. The van der Waals surface area contributed by atoms with Crippen molar-refractivity contribution >= 4 is 23.4 Å². The molecule has 0 fully saturated rings. The fourth-order valence-electron chi connectivity index (χ4n) is 3.40. The molecule has 7 heteroatoms. The third kappa shape index (κ3) is 4.89. The number of carbonyl (C=O) groups excluding carboxylic acids is 1. The van der Waals surface area contributed by atoms with Gasteiger partial charge in [0, 0.05) is 29.3 Å². The van der Waals surface area contributed by atoms with Crippen LogP contribution in [0.4, 0.5) is 5.69 Å². The minimum absolute atomic E-state index is 0.0792. The van der Waals surface area contributed by atoms with Gasteiger partial charge in [0.15, 0.2) is 11.0 Å². The Morgan fingerprint density at radius 1 is 1.03 bits per heavy atom. The maximum absolute atomic E-state index is 12.7. The standard InChI is InChI=1S/C25H25N5OS/c1-17(2)21-8-4-5-9-22(21)27-23(31)16-32-25-29-28-24(19-7-6-14-26-15-19)30(25)20-12-10-18(3)11-13-20/h4-15,17H,16H2,1-3H3,(H,27,31). The van der Waals surface area contributed by atoms with Gasteiger partial charge in [-0.2, -0.15) is 0 Å². The number of rotatable bonds is 7. The number of hydrogen-bond donors (Lipinski definition) is 1. The Balaban J connectivity index is 1.58. The Kier molecular flexibility index (Phi) is 6.66. The molecule has 0 atom stereocenters. The zero-order valence-corrected chi connectivity index (χ0v) is 19.1. The number of nitrogens with zero attached hydrogens (tertiary/aromatic N) is 4. The van der Waals surface area contributed by atoms with Gasteiger partial charge >= 0.3 is 0 Å². The number of aryl methyl sites for hydroxylation is 1. The molecule has 0 saturated heterocycles. The molecule has 0 bridgehead atoms. The summed E-state index contributed by atoms with van der Waals surface area (Å²) in [7, 11) is 0. The van der Waals surface area contributed by atoms with Gasteiger partial charge in [0.05, 0.1) is 5.75 Å². The van der Waals surface area contributed by atoms with E-state index in [1.54, 1.807) is 12.4 Å². The van der Waals surface area contributed by atoms with E-state index in [-0.39, 0.29) is 11.7 Å². The highest BCUT2D eigenvalue weighted by Gasteiger charge is 2.18. The number of aromatic nitrogens is 4. The van der Waals surface area contributed by atoms with Gasteiger partial charge in [0.25, 0.3) is 0 Å². The lowest BCUT2D eigenvalue weighted by atomic mass is 10.0. The molecule has 2 aromatic carbocycles. The molecule has 0 saturated carbocycles. The van der Waals surface area contributed by atoms with Crippen molar-refractivity contribution in [2.24, 2.45) is 0 Å². The Morgan fingerprint density at radius 2 is 1.81 bits per heavy atom. The van der Waals surface area contributed by atoms with E-state index in [0.717, 1.165) is 22.5 Å². The molecule has 0 unspecified atom stereocenters. The smallest absolute Gasteiger partial charge is 0.234 e.